The first kappa shape index (κ1) is 12.8. The Morgan fingerprint density at radius 2 is 2.17 bits per heavy atom. The van der Waals surface area contributed by atoms with Crippen molar-refractivity contribution in [3.8, 4) is 0 Å². The van der Waals surface area contributed by atoms with Gasteiger partial charge in [-0.05, 0) is 13.8 Å². The molecule has 0 amide bonds. The second-order valence-corrected chi connectivity index (χ2v) is 4.62. The molecule has 0 aliphatic rings. The molecule has 2 N–H and O–H groups in total. The quantitative estimate of drug-likeness (QED) is 0.837. The third-order valence-electron chi connectivity index (χ3n) is 2.36. The Labute approximate surface area is 111 Å². The average Bonchev–Trinajstić information content (AvgIpc) is 2.82. The summed E-state index contributed by atoms with van der Waals surface area (Å²) in [6, 6.07) is 1.95. The number of aromatic nitrogens is 3. The number of rotatable bonds is 6. The van der Waals surface area contributed by atoms with E-state index in [0.29, 0.717) is 5.95 Å². The third-order valence-corrected chi connectivity index (χ3v) is 3.00. The van der Waals surface area contributed by atoms with Crippen molar-refractivity contribution < 1.29 is 0 Å². The number of hydrogen-bond donors (Lipinski definition) is 2. The van der Waals surface area contributed by atoms with Crippen LogP contribution in [0.4, 0.5) is 11.8 Å². The lowest BCUT2D eigenvalue weighted by molar-refractivity contribution is 0.959. The lowest BCUT2D eigenvalue weighted by atomic mass is 10.3. The normalized spacial score (nSPS) is 10.3. The largest absolute Gasteiger partial charge is 0.370 e. The molecule has 0 aliphatic heterocycles. The predicted molar refractivity (Wildman–Crippen MR) is 75.2 cm³/mol. The molecule has 5 nitrogen and oxygen atoms in total. The van der Waals surface area contributed by atoms with E-state index in [9.17, 15) is 0 Å². The van der Waals surface area contributed by atoms with Crippen molar-refractivity contribution in [2.45, 2.75) is 20.3 Å². The molecule has 2 aromatic rings. The molecule has 6 heteroatoms. The van der Waals surface area contributed by atoms with E-state index in [1.54, 1.807) is 11.3 Å². The highest BCUT2D eigenvalue weighted by molar-refractivity contribution is 7.07. The van der Waals surface area contributed by atoms with E-state index in [-0.39, 0.29) is 0 Å². The maximum absolute atomic E-state index is 4.39. The fourth-order valence-corrected chi connectivity index (χ4v) is 2.17. The fourth-order valence-electron chi connectivity index (χ4n) is 1.58. The molecule has 0 unspecified atom stereocenters. The lowest BCUT2D eigenvalue weighted by Crippen LogP contribution is -2.10. The number of hydrogen-bond acceptors (Lipinski definition) is 6. The van der Waals surface area contributed by atoms with Gasteiger partial charge in [-0.2, -0.15) is 4.98 Å². The van der Waals surface area contributed by atoms with E-state index in [1.165, 1.54) is 0 Å². The molecule has 2 aromatic heterocycles. The number of nitrogens with zero attached hydrogens (tertiary/aromatic N) is 3. The van der Waals surface area contributed by atoms with Gasteiger partial charge < -0.3 is 10.6 Å². The maximum atomic E-state index is 4.39. The van der Waals surface area contributed by atoms with Crippen LogP contribution < -0.4 is 10.6 Å². The summed E-state index contributed by atoms with van der Waals surface area (Å²) in [5, 5.41) is 8.48. The highest BCUT2D eigenvalue weighted by atomic mass is 32.1. The summed E-state index contributed by atoms with van der Waals surface area (Å²) in [6.07, 6.45) is 0.906. The first-order valence-electron chi connectivity index (χ1n) is 5.98. The smallest absolute Gasteiger partial charge is 0.224 e. The monoisotopic (exact) mass is 263 g/mol. The number of nitrogens with one attached hydrogen (secondary N) is 2. The molecule has 18 heavy (non-hydrogen) atoms. The van der Waals surface area contributed by atoms with Crippen molar-refractivity contribution in [3.63, 3.8) is 0 Å². The van der Waals surface area contributed by atoms with E-state index in [1.807, 2.05) is 25.4 Å². The SMILES string of the molecule is CCNc1nc(C)cc(NCCc2cscn2)n1. The van der Waals surface area contributed by atoms with Gasteiger partial charge in [0.05, 0.1) is 11.2 Å². The Morgan fingerprint density at radius 3 is 2.89 bits per heavy atom. The molecule has 96 valence electrons. The molecule has 0 radical (unpaired) electrons. The Morgan fingerprint density at radius 1 is 1.28 bits per heavy atom. The van der Waals surface area contributed by atoms with Gasteiger partial charge in [-0.25, -0.2) is 9.97 Å². The first-order valence-corrected chi connectivity index (χ1v) is 6.92. The molecule has 0 bridgehead atoms. The summed E-state index contributed by atoms with van der Waals surface area (Å²) in [5.41, 5.74) is 3.93. The van der Waals surface area contributed by atoms with E-state index in [0.717, 1.165) is 36.7 Å². The Kier molecular flexibility index (Phi) is 4.46. The van der Waals surface area contributed by atoms with Gasteiger partial charge in [0.1, 0.15) is 5.82 Å². The zero-order valence-corrected chi connectivity index (χ0v) is 11.4. The Bertz CT molecular complexity index is 483. The first-order chi connectivity index (χ1) is 8.78. The topological polar surface area (TPSA) is 62.7 Å². The zero-order valence-electron chi connectivity index (χ0n) is 10.6. The van der Waals surface area contributed by atoms with Crippen molar-refractivity contribution in [2.75, 3.05) is 23.7 Å². The van der Waals surface area contributed by atoms with Crippen LogP contribution in [-0.2, 0) is 6.42 Å². The van der Waals surface area contributed by atoms with Crippen molar-refractivity contribution in [1.82, 2.24) is 15.0 Å². The molecule has 2 heterocycles. The minimum Gasteiger partial charge on any atom is -0.370 e. The van der Waals surface area contributed by atoms with Crippen LogP contribution in [0.1, 0.15) is 18.3 Å². The summed E-state index contributed by atoms with van der Waals surface area (Å²) in [5.74, 6) is 1.53. The van der Waals surface area contributed by atoms with Crippen molar-refractivity contribution in [2.24, 2.45) is 0 Å². The molecule has 2 rings (SSSR count). The van der Waals surface area contributed by atoms with Crippen LogP contribution in [0, 0.1) is 6.92 Å². The van der Waals surface area contributed by atoms with Gasteiger partial charge in [-0.15, -0.1) is 11.3 Å². The second-order valence-electron chi connectivity index (χ2n) is 3.91. The van der Waals surface area contributed by atoms with Crippen LogP contribution >= 0.6 is 11.3 Å². The van der Waals surface area contributed by atoms with Crippen LogP contribution in [0.25, 0.3) is 0 Å². The second kappa shape index (κ2) is 6.30. The van der Waals surface area contributed by atoms with Crippen LogP contribution in [0.2, 0.25) is 0 Å². The van der Waals surface area contributed by atoms with Crippen LogP contribution in [-0.4, -0.2) is 28.0 Å². The molecule has 0 spiro atoms. The van der Waals surface area contributed by atoms with E-state index < -0.39 is 0 Å². The summed E-state index contributed by atoms with van der Waals surface area (Å²) in [6.45, 7) is 5.64. The van der Waals surface area contributed by atoms with E-state index in [2.05, 4.69) is 31.0 Å². The Balaban J connectivity index is 1.92. The van der Waals surface area contributed by atoms with Crippen LogP contribution in [0.5, 0.6) is 0 Å². The van der Waals surface area contributed by atoms with Gasteiger partial charge in [0.2, 0.25) is 5.95 Å². The molecule has 0 aromatic carbocycles. The van der Waals surface area contributed by atoms with Gasteiger partial charge in [-0.1, -0.05) is 0 Å². The van der Waals surface area contributed by atoms with Crippen molar-refractivity contribution in [3.05, 3.63) is 28.3 Å². The maximum Gasteiger partial charge on any atom is 0.224 e. The average molecular weight is 263 g/mol. The summed E-state index contributed by atoms with van der Waals surface area (Å²) in [4.78, 5) is 12.9. The summed E-state index contributed by atoms with van der Waals surface area (Å²) < 4.78 is 0. The highest BCUT2D eigenvalue weighted by Crippen LogP contribution is 2.10. The van der Waals surface area contributed by atoms with Gasteiger partial charge in [0.15, 0.2) is 0 Å². The molecule has 0 fully saturated rings. The van der Waals surface area contributed by atoms with Crippen molar-refractivity contribution in [1.29, 1.82) is 0 Å². The molecule has 0 aliphatic carbocycles. The summed E-state index contributed by atoms with van der Waals surface area (Å²) in [7, 11) is 0. The highest BCUT2D eigenvalue weighted by Gasteiger charge is 2.01. The van der Waals surface area contributed by atoms with Gasteiger partial charge in [0.25, 0.3) is 0 Å². The predicted octanol–water partition coefficient (Wildman–Crippen LogP) is 2.33. The number of anilines is 2. The molecular weight excluding hydrogens is 246 g/mol. The minimum absolute atomic E-state index is 0.675. The van der Waals surface area contributed by atoms with Gasteiger partial charge in [-0.3, -0.25) is 0 Å². The fraction of sp³-hybridized carbons (Fsp3) is 0.417. The minimum atomic E-state index is 0.675. The Hall–Kier alpha value is -1.69. The number of aryl methyl sites for hydroxylation is 1. The van der Waals surface area contributed by atoms with Crippen LogP contribution in [0.3, 0.4) is 0 Å². The number of thiazole rings is 1. The van der Waals surface area contributed by atoms with Gasteiger partial charge in [0, 0.05) is 36.7 Å². The lowest BCUT2D eigenvalue weighted by Gasteiger charge is -2.08. The molecule has 0 saturated heterocycles. The standard InChI is InChI=1S/C12H17N5S/c1-3-13-12-16-9(2)6-11(17-12)14-5-4-10-7-18-8-15-10/h6-8H,3-5H2,1-2H3,(H2,13,14,16,17). The van der Waals surface area contributed by atoms with E-state index >= 15 is 0 Å². The summed E-state index contributed by atoms with van der Waals surface area (Å²) >= 11 is 1.62. The molecular formula is C12H17N5S. The molecule has 0 atom stereocenters. The van der Waals surface area contributed by atoms with Crippen molar-refractivity contribution >= 4 is 23.1 Å². The van der Waals surface area contributed by atoms with Crippen LogP contribution in [0.15, 0.2) is 17.0 Å². The molecule has 0 saturated carbocycles. The van der Waals surface area contributed by atoms with E-state index in [4.69, 9.17) is 0 Å². The zero-order chi connectivity index (χ0) is 12.8. The van der Waals surface area contributed by atoms with Gasteiger partial charge >= 0.3 is 0 Å². The third kappa shape index (κ3) is 3.66.